The summed E-state index contributed by atoms with van der Waals surface area (Å²) in [5.41, 5.74) is 0.612. The summed E-state index contributed by atoms with van der Waals surface area (Å²) in [4.78, 5) is 26.3. The number of nitrogens with one attached hydrogen (secondary N) is 1. The van der Waals surface area contributed by atoms with Crippen molar-refractivity contribution in [2.45, 2.75) is 25.3 Å². The van der Waals surface area contributed by atoms with Crippen molar-refractivity contribution in [3.05, 3.63) is 35.0 Å². The van der Waals surface area contributed by atoms with Gasteiger partial charge in [-0.3, -0.25) is 9.59 Å². The fourth-order valence-corrected chi connectivity index (χ4v) is 3.06. The molecule has 1 unspecified atom stereocenters. The second-order valence-corrected chi connectivity index (χ2v) is 5.85. The lowest BCUT2D eigenvalue weighted by Gasteiger charge is -2.33. The number of halogens is 1. The zero-order valence-electron chi connectivity index (χ0n) is 12.3. The van der Waals surface area contributed by atoms with E-state index < -0.39 is 6.04 Å². The van der Waals surface area contributed by atoms with Gasteiger partial charge in [0.1, 0.15) is 11.6 Å². The van der Waals surface area contributed by atoms with Crippen molar-refractivity contribution in [2.24, 2.45) is 0 Å². The van der Waals surface area contributed by atoms with E-state index in [1.54, 1.807) is 36.2 Å². The van der Waals surface area contributed by atoms with Gasteiger partial charge >= 0.3 is 0 Å². The molecule has 0 saturated carbocycles. The third-order valence-electron chi connectivity index (χ3n) is 4.00. The van der Waals surface area contributed by atoms with Gasteiger partial charge in [0.05, 0.1) is 0 Å². The maximum absolute atomic E-state index is 12.7. The second kappa shape index (κ2) is 6.01. The number of furan rings is 1. The SMILES string of the molecule is CNC(=O)C1CCCCN1C(=O)c1cc2cc(Cl)ccc2o1. The number of hydrogen-bond acceptors (Lipinski definition) is 3. The molecule has 6 heteroatoms. The van der Waals surface area contributed by atoms with Crippen LogP contribution < -0.4 is 5.32 Å². The smallest absolute Gasteiger partial charge is 0.290 e. The minimum Gasteiger partial charge on any atom is -0.451 e. The summed E-state index contributed by atoms with van der Waals surface area (Å²) in [7, 11) is 1.59. The van der Waals surface area contributed by atoms with E-state index in [9.17, 15) is 9.59 Å². The van der Waals surface area contributed by atoms with Crippen LogP contribution in [0.25, 0.3) is 11.0 Å². The average molecular weight is 321 g/mol. The number of amides is 2. The van der Waals surface area contributed by atoms with Crippen LogP contribution in [0.1, 0.15) is 29.8 Å². The van der Waals surface area contributed by atoms with E-state index in [0.717, 1.165) is 18.2 Å². The molecule has 0 spiro atoms. The van der Waals surface area contributed by atoms with Gasteiger partial charge in [0.15, 0.2) is 5.76 Å². The van der Waals surface area contributed by atoms with Crippen LogP contribution in [0.4, 0.5) is 0 Å². The molecular formula is C16H17ClN2O3. The van der Waals surface area contributed by atoms with E-state index in [1.165, 1.54) is 0 Å². The van der Waals surface area contributed by atoms with Gasteiger partial charge in [0.25, 0.3) is 5.91 Å². The number of benzene rings is 1. The van der Waals surface area contributed by atoms with Gasteiger partial charge < -0.3 is 14.6 Å². The van der Waals surface area contributed by atoms with E-state index in [-0.39, 0.29) is 17.6 Å². The molecule has 1 atom stereocenters. The summed E-state index contributed by atoms with van der Waals surface area (Å²) in [6.07, 6.45) is 2.51. The van der Waals surface area contributed by atoms with Crippen LogP contribution in [0.2, 0.25) is 5.02 Å². The van der Waals surface area contributed by atoms with E-state index in [2.05, 4.69) is 5.32 Å². The lowest BCUT2D eigenvalue weighted by molar-refractivity contribution is -0.126. The average Bonchev–Trinajstić information content (AvgIpc) is 2.96. The number of fused-ring (bicyclic) bond motifs is 1. The predicted octanol–water partition coefficient (Wildman–Crippen LogP) is 2.83. The van der Waals surface area contributed by atoms with Crippen molar-refractivity contribution < 1.29 is 14.0 Å². The highest BCUT2D eigenvalue weighted by Crippen LogP contribution is 2.26. The molecule has 0 radical (unpaired) electrons. The van der Waals surface area contributed by atoms with E-state index in [1.807, 2.05) is 0 Å². The van der Waals surface area contributed by atoms with Gasteiger partial charge in [0, 0.05) is 24.0 Å². The van der Waals surface area contributed by atoms with Gasteiger partial charge in [-0.25, -0.2) is 0 Å². The molecule has 1 aromatic heterocycles. The van der Waals surface area contributed by atoms with Crippen molar-refractivity contribution in [1.29, 1.82) is 0 Å². The number of likely N-dealkylation sites (tertiary alicyclic amines) is 1. The van der Waals surface area contributed by atoms with E-state index in [4.69, 9.17) is 16.0 Å². The van der Waals surface area contributed by atoms with Gasteiger partial charge in [-0.15, -0.1) is 0 Å². The number of likely N-dealkylation sites (N-methyl/N-ethyl adjacent to an activating group) is 1. The number of rotatable bonds is 2. The Kier molecular flexibility index (Phi) is 4.07. The fourth-order valence-electron chi connectivity index (χ4n) is 2.87. The third kappa shape index (κ3) is 2.68. The van der Waals surface area contributed by atoms with Crippen LogP contribution >= 0.6 is 11.6 Å². The molecule has 1 N–H and O–H groups in total. The van der Waals surface area contributed by atoms with Crippen LogP contribution in [0.15, 0.2) is 28.7 Å². The molecule has 1 aliphatic rings. The molecule has 0 aliphatic carbocycles. The van der Waals surface area contributed by atoms with Gasteiger partial charge in [-0.05, 0) is 43.5 Å². The molecular weight excluding hydrogens is 304 g/mol. The lowest BCUT2D eigenvalue weighted by atomic mass is 10.0. The van der Waals surface area contributed by atoms with Gasteiger partial charge in [-0.1, -0.05) is 11.6 Å². The molecule has 3 rings (SSSR count). The minimum absolute atomic E-state index is 0.132. The lowest BCUT2D eigenvalue weighted by Crippen LogP contribution is -2.51. The quantitative estimate of drug-likeness (QED) is 0.925. The zero-order chi connectivity index (χ0) is 15.7. The highest BCUT2D eigenvalue weighted by Gasteiger charge is 2.33. The summed E-state index contributed by atoms with van der Waals surface area (Å²) in [6, 6.07) is 6.46. The van der Waals surface area contributed by atoms with Crippen molar-refractivity contribution in [3.63, 3.8) is 0 Å². The molecule has 1 aromatic carbocycles. The molecule has 5 nitrogen and oxygen atoms in total. The highest BCUT2D eigenvalue weighted by atomic mass is 35.5. The number of carbonyl (C=O) groups excluding carboxylic acids is 2. The van der Waals surface area contributed by atoms with E-state index in [0.29, 0.717) is 23.6 Å². The highest BCUT2D eigenvalue weighted by molar-refractivity contribution is 6.31. The molecule has 1 aliphatic heterocycles. The normalized spacial score (nSPS) is 18.5. The van der Waals surface area contributed by atoms with Crippen molar-refractivity contribution in [3.8, 4) is 0 Å². The molecule has 116 valence electrons. The molecule has 1 fully saturated rings. The summed E-state index contributed by atoms with van der Waals surface area (Å²) < 4.78 is 5.62. The second-order valence-electron chi connectivity index (χ2n) is 5.42. The number of hydrogen-bond donors (Lipinski definition) is 1. The number of nitrogens with zero attached hydrogens (tertiary/aromatic N) is 1. The molecule has 22 heavy (non-hydrogen) atoms. The summed E-state index contributed by atoms with van der Waals surface area (Å²) >= 11 is 5.95. The first-order valence-corrected chi connectivity index (χ1v) is 7.69. The predicted molar refractivity (Wildman–Crippen MR) is 84.0 cm³/mol. The molecule has 2 aromatic rings. The Balaban J connectivity index is 1.91. The Morgan fingerprint density at radius 3 is 2.91 bits per heavy atom. The minimum atomic E-state index is -0.428. The maximum atomic E-state index is 12.7. The Morgan fingerprint density at radius 1 is 1.32 bits per heavy atom. The third-order valence-corrected chi connectivity index (χ3v) is 4.24. The summed E-state index contributed by atoms with van der Waals surface area (Å²) in [5, 5.41) is 4.00. The summed E-state index contributed by atoms with van der Waals surface area (Å²) in [5.74, 6) is -0.138. The Bertz CT molecular complexity index is 725. The topological polar surface area (TPSA) is 62.6 Å². The largest absolute Gasteiger partial charge is 0.451 e. The van der Waals surface area contributed by atoms with Gasteiger partial charge in [-0.2, -0.15) is 0 Å². The zero-order valence-corrected chi connectivity index (χ0v) is 13.0. The van der Waals surface area contributed by atoms with Crippen molar-refractivity contribution >= 4 is 34.4 Å². The fraction of sp³-hybridized carbons (Fsp3) is 0.375. The summed E-state index contributed by atoms with van der Waals surface area (Å²) in [6.45, 7) is 0.564. The van der Waals surface area contributed by atoms with Crippen LogP contribution in [0.3, 0.4) is 0 Å². The van der Waals surface area contributed by atoms with Crippen molar-refractivity contribution in [1.82, 2.24) is 10.2 Å². The number of piperidine rings is 1. The molecule has 2 heterocycles. The number of carbonyl (C=O) groups is 2. The Hall–Kier alpha value is -2.01. The standard InChI is InChI=1S/C16H17ClN2O3/c1-18-15(20)12-4-2-3-7-19(12)16(21)14-9-10-8-11(17)5-6-13(10)22-14/h5-6,8-9,12H,2-4,7H2,1H3,(H,18,20). The van der Waals surface area contributed by atoms with Crippen LogP contribution in [0, 0.1) is 0 Å². The molecule has 1 saturated heterocycles. The first-order valence-electron chi connectivity index (χ1n) is 7.32. The van der Waals surface area contributed by atoms with Crippen LogP contribution in [0.5, 0.6) is 0 Å². The molecule has 0 bridgehead atoms. The van der Waals surface area contributed by atoms with Crippen molar-refractivity contribution in [2.75, 3.05) is 13.6 Å². The monoisotopic (exact) mass is 320 g/mol. The van der Waals surface area contributed by atoms with Crippen LogP contribution in [-0.4, -0.2) is 36.3 Å². The molecule has 2 amide bonds. The van der Waals surface area contributed by atoms with Crippen LogP contribution in [-0.2, 0) is 4.79 Å². The Morgan fingerprint density at radius 2 is 2.14 bits per heavy atom. The first-order chi connectivity index (χ1) is 10.6. The van der Waals surface area contributed by atoms with Gasteiger partial charge in [0.2, 0.25) is 5.91 Å². The maximum Gasteiger partial charge on any atom is 0.290 e. The Labute approximate surface area is 133 Å². The first kappa shape index (κ1) is 14.9. The van der Waals surface area contributed by atoms with E-state index >= 15 is 0 Å².